The summed E-state index contributed by atoms with van der Waals surface area (Å²) in [5, 5.41) is 12.1. The molecule has 2 fully saturated rings. The summed E-state index contributed by atoms with van der Waals surface area (Å²) in [4.78, 5) is 51.5. The van der Waals surface area contributed by atoms with Crippen molar-refractivity contribution in [1.82, 2.24) is 30.0 Å². The van der Waals surface area contributed by atoms with Gasteiger partial charge in [0.05, 0.1) is 42.4 Å². The minimum Gasteiger partial charge on any atom is -0.494 e. The van der Waals surface area contributed by atoms with Crippen molar-refractivity contribution in [3.8, 4) is 11.8 Å². The number of ether oxygens (including phenoxy) is 1. The zero-order valence-corrected chi connectivity index (χ0v) is 24.4. The molecule has 0 spiro atoms. The van der Waals surface area contributed by atoms with Crippen LogP contribution in [0.3, 0.4) is 0 Å². The number of nitrogens with one attached hydrogen (secondary N) is 2. The van der Waals surface area contributed by atoms with Crippen molar-refractivity contribution in [3.63, 3.8) is 0 Å². The summed E-state index contributed by atoms with van der Waals surface area (Å²) in [7, 11) is 0. The van der Waals surface area contributed by atoms with Crippen LogP contribution in [0.15, 0.2) is 48.8 Å². The molecule has 0 radical (unpaired) electrons. The van der Waals surface area contributed by atoms with Crippen molar-refractivity contribution in [2.45, 2.75) is 24.8 Å². The zero-order valence-electron chi connectivity index (χ0n) is 24.4. The lowest BCUT2D eigenvalue weighted by Crippen LogP contribution is -2.49. The van der Waals surface area contributed by atoms with Crippen molar-refractivity contribution >= 4 is 34.4 Å². The van der Waals surface area contributed by atoms with Crippen molar-refractivity contribution in [1.29, 1.82) is 5.26 Å². The smallest absolute Gasteiger partial charge is 0.268 e. The molecule has 5 rings (SSSR count). The second-order valence-electron chi connectivity index (χ2n) is 10.9. The summed E-state index contributed by atoms with van der Waals surface area (Å²) in [5.41, 5.74) is 3.74. The Labute approximate surface area is 257 Å². The summed E-state index contributed by atoms with van der Waals surface area (Å²) >= 11 is 0. The van der Waals surface area contributed by atoms with Gasteiger partial charge >= 0.3 is 0 Å². The highest BCUT2D eigenvalue weighted by molar-refractivity contribution is 6.07. The number of pyridine rings is 2. The monoisotopic (exact) mass is 621 g/mol. The number of nitrogen functional groups attached to an aromatic ring is 1. The van der Waals surface area contributed by atoms with Crippen LogP contribution in [0, 0.1) is 11.3 Å². The van der Waals surface area contributed by atoms with Gasteiger partial charge in [-0.15, -0.1) is 0 Å². The number of alkyl halides is 2. The van der Waals surface area contributed by atoms with E-state index >= 15 is 0 Å². The number of carbonyl (C=O) groups excluding carboxylic acids is 3. The van der Waals surface area contributed by atoms with E-state index in [0.29, 0.717) is 47.7 Å². The molecule has 45 heavy (non-hydrogen) atoms. The van der Waals surface area contributed by atoms with Gasteiger partial charge in [-0.1, -0.05) is 0 Å². The molecule has 236 valence electrons. The molecular formula is C30H33F2N9O4. The van der Waals surface area contributed by atoms with Crippen molar-refractivity contribution in [2.75, 3.05) is 57.8 Å². The first-order valence-electron chi connectivity index (χ1n) is 14.5. The summed E-state index contributed by atoms with van der Waals surface area (Å²) in [6.07, 6.45) is 2.99. The summed E-state index contributed by atoms with van der Waals surface area (Å²) in [5.74, 6) is 1.82. The molecule has 15 heteroatoms. The van der Waals surface area contributed by atoms with Gasteiger partial charge in [0.15, 0.2) is 0 Å². The Morgan fingerprint density at radius 2 is 1.91 bits per heavy atom. The maximum atomic E-state index is 13.7. The molecule has 2 aliphatic heterocycles. The third-order valence-electron chi connectivity index (χ3n) is 7.80. The number of hydrogen-bond acceptors (Lipinski definition) is 10. The number of benzene rings is 1. The summed E-state index contributed by atoms with van der Waals surface area (Å²) in [6.45, 7) is 2.52. The van der Waals surface area contributed by atoms with Crippen LogP contribution in [0.25, 0.3) is 10.9 Å². The van der Waals surface area contributed by atoms with Crippen LogP contribution < -0.4 is 21.3 Å². The molecule has 13 nitrogen and oxygen atoms in total. The van der Waals surface area contributed by atoms with Crippen LogP contribution in [-0.4, -0.2) is 107 Å². The average Bonchev–Trinajstić information content (AvgIpc) is 3.39. The summed E-state index contributed by atoms with van der Waals surface area (Å²) < 4.78 is 33.4. The fourth-order valence-corrected chi connectivity index (χ4v) is 5.40. The summed E-state index contributed by atoms with van der Waals surface area (Å²) in [6, 6.07) is 10.5. The molecule has 3 aromatic rings. The van der Waals surface area contributed by atoms with E-state index in [2.05, 4.69) is 25.6 Å². The average molecular weight is 622 g/mol. The minimum absolute atomic E-state index is 0.0663. The van der Waals surface area contributed by atoms with E-state index < -0.39 is 43.3 Å². The lowest BCUT2D eigenvalue weighted by Gasteiger charge is -2.34. The Hall–Kier alpha value is -4.94. The highest BCUT2D eigenvalue weighted by Gasteiger charge is 2.47. The lowest BCUT2D eigenvalue weighted by atomic mass is 10.1. The third kappa shape index (κ3) is 7.59. The Morgan fingerprint density at radius 1 is 1.11 bits per heavy atom. The molecule has 2 saturated heterocycles. The van der Waals surface area contributed by atoms with Gasteiger partial charge in [-0.05, 0) is 42.8 Å². The molecule has 2 aliphatic rings. The van der Waals surface area contributed by atoms with E-state index in [1.807, 2.05) is 0 Å². The number of halogens is 2. The zero-order chi connectivity index (χ0) is 32.0. The van der Waals surface area contributed by atoms with Crippen molar-refractivity contribution in [3.05, 3.63) is 59.9 Å². The number of rotatable bonds is 10. The molecular weight excluding hydrogens is 588 g/mol. The fraction of sp³-hybridized carbons (Fsp3) is 0.400. The first-order chi connectivity index (χ1) is 21.7. The van der Waals surface area contributed by atoms with Gasteiger partial charge in [-0.2, -0.15) is 5.26 Å². The van der Waals surface area contributed by atoms with Crippen LogP contribution in [0.2, 0.25) is 0 Å². The van der Waals surface area contributed by atoms with Crippen LogP contribution in [0.1, 0.15) is 33.6 Å². The number of carbonyl (C=O) groups is 3. The van der Waals surface area contributed by atoms with Crippen LogP contribution >= 0.6 is 0 Å². The molecule has 1 atom stereocenters. The number of hydrazine groups is 1. The van der Waals surface area contributed by atoms with Crippen molar-refractivity contribution in [2.24, 2.45) is 5.84 Å². The molecule has 3 amide bonds. The number of likely N-dealkylation sites (tertiary alicyclic amines) is 1. The number of amides is 3. The predicted octanol–water partition coefficient (Wildman–Crippen LogP) is 1.63. The van der Waals surface area contributed by atoms with Gasteiger partial charge in [0.25, 0.3) is 17.7 Å². The Kier molecular flexibility index (Phi) is 9.65. The van der Waals surface area contributed by atoms with E-state index in [9.17, 15) is 23.2 Å². The molecule has 4 N–H and O–H groups in total. The molecule has 0 saturated carbocycles. The van der Waals surface area contributed by atoms with Gasteiger partial charge in [0, 0.05) is 56.9 Å². The normalized spacial score (nSPS) is 18.0. The lowest BCUT2D eigenvalue weighted by molar-refractivity contribution is -0.131. The molecule has 0 bridgehead atoms. The number of anilines is 1. The largest absolute Gasteiger partial charge is 0.494 e. The van der Waals surface area contributed by atoms with Crippen molar-refractivity contribution < 1.29 is 27.9 Å². The minimum atomic E-state index is -3.14. The van der Waals surface area contributed by atoms with Gasteiger partial charge in [-0.3, -0.25) is 24.3 Å². The highest BCUT2D eigenvalue weighted by atomic mass is 19.3. The Morgan fingerprint density at radius 3 is 2.62 bits per heavy atom. The maximum absolute atomic E-state index is 13.7. The standard InChI is InChI=1S/C30H33F2N9O4/c31-30(32)15-21(16-33)41(19-30)27(42)18-37-28(43)23-6-7-35-25-4-3-22(14-24(23)25)45-13-1-8-39-9-11-40(12-10-39)29(44)20-2-5-26(38-34)36-17-20/h2-7,14,17,21H,1,8-13,15,18-19,34H2,(H,36,38)(H,37,43)/t21-/m0/s1. The SMILES string of the molecule is N#C[C@@H]1CC(F)(F)CN1C(=O)CNC(=O)c1ccnc2ccc(OCCCN3CCN(C(=O)c4ccc(NN)nc4)CC3)cc12. The maximum Gasteiger partial charge on any atom is 0.268 e. The molecule has 0 aliphatic carbocycles. The number of hydrogen-bond donors (Lipinski definition) is 3. The first-order valence-corrected chi connectivity index (χ1v) is 14.5. The van der Waals surface area contributed by atoms with Gasteiger partial charge in [0.2, 0.25) is 5.91 Å². The number of aromatic nitrogens is 2. The van der Waals surface area contributed by atoms with Crippen LogP contribution in [-0.2, 0) is 4.79 Å². The second-order valence-corrected chi connectivity index (χ2v) is 10.9. The molecule has 0 unspecified atom stereocenters. The quantitative estimate of drug-likeness (QED) is 0.172. The molecule has 1 aromatic carbocycles. The Bertz CT molecular complexity index is 1590. The number of nitriles is 1. The number of fused-ring (bicyclic) bond motifs is 1. The third-order valence-corrected chi connectivity index (χ3v) is 7.80. The van der Waals surface area contributed by atoms with Gasteiger partial charge < -0.3 is 25.3 Å². The topological polar surface area (TPSA) is 170 Å². The van der Waals surface area contributed by atoms with Gasteiger partial charge in [-0.25, -0.2) is 19.6 Å². The second kappa shape index (κ2) is 13.8. The van der Waals surface area contributed by atoms with E-state index in [0.717, 1.165) is 31.0 Å². The van der Waals surface area contributed by atoms with E-state index in [4.69, 9.17) is 15.8 Å². The van der Waals surface area contributed by atoms with Gasteiger partial charge in [0.1, 0.15) is 17.6 Å². The van der Waals surface area contributed by atoms with E-state index in [1.165, 1.54) is 18.5 Å². The molecule has 2 aromatic heterocycles. The van der Waals surface area contributed by atoms with Crippen LogP contribution in [0.5, 0.6) is 5.75 Å². The van der Waals surface area contributed by atoms with E-state index in [-0.39, 0.29) is 11.5 Å². The number of nitrogens with two attached hydrogens (primary N) is 1. The van der Waals surface area contributed by atoms with E-state index in [1.54, 1.807) is 41.3 Å². The van der Waals surface area contributed by atoms with Crippen LogP contribution in [0.4, 0.5) is 14.6 Å². The molecule has 4 heterocycles. The number of piperazine rings is 1. The fourth-order valence-electron chi connectivity index (χ4n) is 5.40. The number of nitrogens with zero attached hydrogens (tertiary/aromatic N) is 6. The first kappa shape index (κ1) is 31.5. The predicted molar refractivity (Wildman–Crippen MR) is 159 cm³/mol. The highest BCUT2D eigenvalue weighted by Crippen LogP contribution is 2.31. The Balaban J connectivity index is 1.09.